The number of carbonyl (C=O) groups excluding carboxylic acids is 1. The van der Waals surface area contributed by atoms with E-state index in [1.807, 2.05) is 38.1 Å². The van der Waals surface area contributed by atoms with Gasteiger partial charge in [0.05, 0.1) is 6.04 Å². The number of para-hydroxylation sites is 1. The third kappa shape index (κ3) is 4.27. The molecule has 4 rings (SSSR count). The summed E-state index contributed by atoms with van der Waals surface area (Å²) < 4.78 is 34.3. The lowest BCUT2D eigenvalue weighted by atomic mass is 10.1. The standard InChI is InChI=1S/C23H29N3O4S/c1-3-26-19-12-14-25(23(27)24-16-18-9-5-4-8-17(18)2)15-13-20(19)30-21-10-6-7-11-22(21)31(26,28)29/h4-11,19-20H,3,12-16H2,1-2H3,(H,24,27)/t19-,20-/m0/s1. The summed E-state index contributed by atoms with van der Waals surface area (Å²) in [6.07, 6.45) is 0.805. The number of ether oxygens (including phenoxy) is 1. The van der Waals surface area contributed by atoms with Crippen LogP contribution in [0.5, 0.6) is 5.75 Å². The maximum atomic E-state index is 13.3. The quantitative estimate of drug-likeness (QED) is 0.791. The maximum absolute atomic E-state index is 13.3. The van der Waals surface area contributed by atoms with Gasteiger partial charge in [-0.1, -0.05) is 43.3 Å². The minimum Gasteiger partial charge on any atom is -0.487 e. The molecule has 0 spiro atoms. The lowest BCUT2D eigenvalue weighted by molar-refractivity contribution is 0.115. The first-order chi connectivity index (χ1) is 14.9. The molecule has 0 unspecified atom stereocenters. The summed E-state index contributed by atoms with van der Waals surface area (Å²) in [5.74, 6) is 0.394. The van der Waals surface area contributed by atoms with Crippen molar-refractivity contribution in [2.75, 3.05) is 19.6 Å². The predicted molar refractivity (Wildman–Crippen MR) is 118 cm³/mol. The predicted octanol–water partition coefficient (Wildman–Crippen LogP) is 3.14. The zero-order valence-electron chi connectivity index (χ0n) is 18.0. The molecule has 2 aliphatic heterocycles. The van der Waals surface area contributed by atoms with Crippen molar-refractivity contribution < 1.29 is 17.9 Å². The van der Waals surface area contributed by atoms with Crippen molar-refractivity contribution >= 4 is 16.1 Å². The molecule has 2 aromatic rings. The zero-order chi connectivity index (χ0) is 22.0. The van der Waals surface area contributed by atoms with Crippen LogP contribution in [0.1, 0.15) is 30.9 Å². The molecule has 1 fully saturated rings. The molecule has 0 aromatic heterocycles. The van der Waals surface area contributed by atoms with E-state index in [0.29, 0.717) is 44.8 Å². The molecule has 8 heteroatoms. The van der Waals surface area contributed by atoms with E-state index in [2.05, 4.69) is 5.32 Å². The SMILES string of the molecule is CCN1[C@H]2CCN(C(=O)NCc3ccccc3C)CC[C@@H]2Oc2ccccc2S1(=O)=O. The summed E-state index contributed by atoms with van der Waals surface area (Å²) in [4.78, 5) is 14.8. The molecular formula is C23H29N3O4S. The fourth-order valence-corrected chi connectivity index (χ4v) is 6.27. The number of fused-ring (bicyclic) bond motifs is 2. The van der Waals surface area contributed by atoms with E-state index in [4.69, 9.17) is 4.74 Å². The minimum absolute atomic E-state index is 0.133. The van der Waals surface area contributed by atoms with Gasteiger partial charge in [0.1, 0.15) is 16.7 Å². The largest absolute Gasteiger partial charge is 0.487 e. The van der Waals surface area contributed by atoms with Crippen LogP contribution in [0.15, 0.2) is 53.4 Å². The van der Waals surface area contributed by atoms with Gasteiger partial charge in [0.25, 0.3) is 0 Å². The van der Waals surface area contributed by atoms with Gasteiger partial charge < -0.3 is 15.0 Å². The number of nitrogens with zero attached hydrogens (tertiary/aromatic N) is 2. The highest BCUT2D eigenvalue weighted by Crippen LogP contribution is 2.36. The molecule has 0 bridgehead atoms. The highest BCUT2D eigenvalue weighted by Gasteiger charge is 2.42. The zero-order valence-corrected chi connectivity index (χ0v) is 18.8. The van der Waals surface area contributed by atoms with E-state index in [0.717, 1.165) is 11.1 Å². The molecule has 2 aliphatic rings. The fourth-order valence-electron chi connectivity index (χ4n) is 4.46. The Balaban J connectivity index is 1.50. The normalized spacial score (nSPS) is 23.0. The minimum atomic E-state index is -3.66. The molecule has 166 valence electrons. The van der Waals surface area contributed by atoms with Crippen LogP contribution in [-0.4, -0.2) is 55.4 Å². The van der Waals surface area contributed by atoms with Gasteiger partial charge in [0, 0.05) is 32.6 Å². The summed E-state index contributed by atoms with van der Waals surface area (Å²) in [5.41, 5.74) is 2.22. The highest BCUT2D eigenvalue weighted by atomic mass is 32.2. The lowest BCUT2D eigenvalue weighted by Gasteiger charge is -2.30. The number of aryl methyl sites for hydroxylation is 1. The Morgan fingerprint density at radius 3 is 2.58 bits per heavy atom. The second-order valence-corrected chi connectivity index (χ2v) is 9.89. The van der Waals surface area contributed by atoms with Gasteiger partial charge >= 0.3 is 6.03 Å². The summed E-state index contributed by atoms with van der Waals surface area (Å²) in [5, 5.41) is 3.00. The Hall–Kier alpha value is -2.58. The van der Waals surface area contributed by atoms with Gasteiger partial charge in [0.15, 0.2) is 0 Å². The van der Waals surface area contributed by atoms with Gasteiger partial charge in [-0.25, -0.2) is 13.2 Å². The van der Waals surface area contributed by atoms with E-state index in [1.54, 1.807) is 29.2 Å². The molecule has 2 amide bonds. The first-order valence-corrected chi connectivity index (χ1v) is 12.2. The number of hydrogen-bond donors (Lipinski definition) is 1. The first kappa shape index (κ1) is 21.6. The van der Waals surface area contributed by atoms with E-state index in [9.17, 15) is 13.2 Å². The van der Waals surface area contributed by atoms with Crippen molar-refractivity contribution in [2.45, 2.75) is 50.3 Å². The smallest absolute Gasteiger partial charge is 0.317 e. The van der Waals surface area contributed by atoms with Crippen LogP contribution in [0.3, 0.4) is 0 Å². The number of rotatable bonds is 3. The van der Waals surface area contributed by atoms with Crippen molar-refractivity contribution in [3.05, 3.63) is 59.7 Å². The summed E-state index contributed by atoms with van der Waals surface area (Å²) in [6, 6.07) is 14.3. The molecule has 0 radical (unpaired) electrons. The molecular weight excluding hydrogens is 414 g/mol. The third-order valence-corrected chi connectivity index (χ3v) is 8.22. The summed E-state index contributed by atoms with van der Waals surface area (Å²) >= 11 is 0. The molecule has 2 heterocycles. The van der Waals surface area contributed by atoms with Crippen LogP contribution in [0, 0.1) is 6.92 Å². The molecule has 0 saturated carbocycles. The molecule has 2 atom stereocenters. The molecule has 0 aliphatic carbocycles. The number of nitrogens with one attached hydrogen (secondary N) is 1. The van der Waals surface area contributed by atoms with Crippen LogP contribution in [0.2, 0.25) is 0 Å². The van der Waals surface area contributed by atoms with Crippen molar-refractivity contribution in [3.8, 4) is 5.75 Å². The Kier molecular flexibility index (Phi) is 6.20. The van der Waals surface area contributed by atoms with Crippen molar-refractivity contribution in [1.29, 1.82) is 0 Å². The van der Waals surface area contributed by atoms with E-state index >= 15 is 0 Å². The van der Waals surface area contributed by atoms with Gasteiger partial charge in [-0.15, -0.1) is 0 Å². The van der Waals surface area contributed by atoms with Crippen LogP contribution in [0.25, 0.3) is 0 Å². The van der Waals surface area contributed by atoms with Crippen LogP contribution in [0.4, 0.5) is 4.79 Å². The van der Waals surface area contributed by atoms with Gasteiger partial charge in [0.2, 0.25) is 10.0 Å². The number of likely N-dealkylation sites (tertiary alicyclic amines) is 1. The number of sulfonamides is 1. The van der Waals surface area contributed by atoms with Gasteiger partial charge in [-0.3, -0.25) is 0 Å². The molecule has 1 saturated heterocycles. The number of benzene rings is 2. The molecule has 7 nitrogen and oxygen atoms in total. The fraction of sp³-hybridized carbons (Fsp3) is 0.435. The van der Waals surface area contributed by atoms with E-state index in [-0.39, 0.29) is 23.1 Å². The maximum Gasteiger partial charge on any atom is 0.317 e. The molecule has 31 heavy (non-hydrogen) atoms. The Labute approximate surface area is 184 Å². The van der Waals surface area contributed by atoms with Crippen molar-refractivity contribution in [3.63, 3.8) is 0 Å². The second-order valence-electron chi connectivity index (χ2n) is 8.03. The monoisotopic (exact) mass is 443 g/mol. The summed E-state index contributed by atoms with van der Waals surface area (Å²) in [6.45, 7) is 5.69. The van der Waals surface area contributed by atoms with Crippen LogP contribution in [-0.2, 0) is 16.6 Å². The number of amides is 2. The second kappa shape index (κ2) is 8.88. The third-order valence-electron chi connectivity index (χ3n) is 6.18. The first-order valence-electron chi connectivity index (χ1n) is 10.8. The topological polar surface area (TPSA) is 79.0 Å². The Morgan fingerprint density at radius 2 is 1.81 bits per heavy atom. The van der Waals surface area contributed by atoms with Crippen LogP contribution < -0.4 is 10.1 Å². The van der Waals surface area contributed by atoms with Gasteiger partial charge in [-0.2, -0.15) is 4.31 Å². The van der Waals surface area contributed by atoms with Gasteiger partial charge in [-0.05, 0) is 36.6 Å². The van der Waals surface area contributed by atoms with Crippen molar-refractivity contribution in [1.82, 2.24) is 14.5 Å². The average Bonchev–Trinajstić information content (AvgIpc) is 3.01. The van der Waals surface area contributed by atoms with Crippen LogP contribution >= 0.6 is 0 Å². The number of carbonyl (C=O) groups is 1. The average molecular weight is 444 g/mol. The lowest BCUT2D eigenvalue weighted by Crippen LogP contribution is -2.47. The number of urea groups is 1. The Morgan fingerprint density at radius 1 is 1.10 bits per heavy atom. The van der Waals surface area contributed by atoms with Crippen molar-refractivity contribution in [2.24, 2.45) is 0 Å². The molecule has 1 N–H and O–H groups in total. The number of hydrogen-bond acceptors (Lipinski definition) is 4. The van der Waals surface area contributed by atoms with E-state index in [1.165, 1.54) is 4.31 Å². The molecule has 2 aromatic carbocycles. The highest BCUT2D eigenvalue weighted by molar-refractivity contribution is 7.89. The summed E-state index contributed by atoms with van der Waals surface area (Å²) in [7, 11) is -3.66. The number of likely N-dealkylation sites (N-methyl/N-ethyl adjacent to an activating group) is 1. The Bertz CT molecular complexity index is 1060. The van der Waals surface area contributed by atoms with E-state index < -0.39 is 10.0 Å².